The number of aromatic nitrogens is 2. The van der Waals surface area contributed by atoms with Crippen molar-refractivity contribution in [2.24, 2.45) is 5.92 Å². The van der Waals surface area contributed by atoms with Crippen molar-refractivity contribution in [3.05, 3.63) is 40.9 Å². The van der Waals surface area contributed by atoms with E-state index in [-0.39, 0.29) is 11.8 Å². The van der Waals surface area contributed by atoms with Gasteiger partial charge in [-0.1, -0.05) is 41.3 Å². The summed E-state index contributed by atoms with van der Waals surface area (Å²) >= 11 is 3.43. The second kappa shape index (κ2) is 7.55. The molecular formula is C17H19BrN4O. The molecule has 2 N–H and O–H groups in total. The normalized spacial score (nSPS) is 15.2. The number of halogens is 1. The van der Waals surface area contributed by atoms with E-state index in [2.05, 4.69) is 36.8 Å². The molecule has 0 bridgehead atoms. The molecule has 0 saturated heterocycles. The van der Waals surface area contributed by atoms with Crippen molar-refractivity contribution in [1.29, 1.82) is 0 Å². The Morgan fingerprint density at radius 1 is 1.04 bits per heavy atom. The van der Waals surface area contributed by atoms with Crippen LogP contribution in [0.4, 0.5) is 17.3 Å². The summed E-state index contributed by atoms with van der Waals surface area (Å²) in [5.41, 5.74) is 0.924. The highest BCUT2D eigenvalue weighted by molar-refractivity contribution is 9.10. The molecule has 0 atom stereocenters. The molecule has 23 heavy (non-hydrogen) atoms. The fraction of sp³-hybridized carbons (Fsp3) is 0.353. The highest BCUT2D eigenvalue weighted by Gasteiger charge is 2.21. The molecule has 120 valence electrons. The first-order valence-electron chi connectivity index (χ1n) is 7.88. The van der Waals surface area contributed by atoms with Crippen LogP contribution in [-0.2, 0) is 4.79 Å². The largest absolute Gasteiger partial charge is 0.339 e. The Balaban J connectivity index is 1.59. The average Bonchev–Trinajstić information content (AvgIpc) is 2.57. The fourth-order valence-corrected chi connectivity index (χ4v) is 3.17. The van der Waals surface area contributed by atoms with E-state index in [1.54, 1.807) is 6.07 Å². The Bertz CT molecular complexity index is 669. The van der Waals surface area contributed by atoms with Crippen LogP contribution < -0.4 is 10.6 Å². The lowest BCUT2D eigenvalue weighted by atomic mass is 9.89. The van der Waals surface area contributed by atoms with Gasteiger partial charge in [0.05, 0.1) is 0 Å². The number of nitrogens with zero attached hydrogens (tertiary/aromatic N) is 2. The smallest absolute Gasteiger partial charge is 0.228 e. The van der Waals surface area contributed by atoms with Gasteiger partial charge in [0, 0.05) is 16.1 Å². The van der Waals surface area contributed by atoms with Crippen LogP contribution in [0.5, 0.6) is 0 Å². The molecule has 1 amide bonds. The highest BCUT2D eigenvalue weighted by Crippen LogP contribution is 2.25. The Hall–Kier alpha value is -1.95. The zero-order chi connectivity index (χ0) is 16.1. The zero-order valence-corrected chi connectivity index (χ0v) is 14.3. The maximum atomic E-state index is 12.2. The van der Waals surface area contributed by atoms with Crippen molar-refractivity contribution in [1.82, 2.24) is 10.2 Å². The van der Waals surface area contributed by atoms with Crippen LogP contribution >= 0.6 is 15.9 Å². The number of hydrogen-bond donors (Lipinski definition) is 2. The van der Waals surface area contributed by atoms with E-state index in [1.807, 2.05) is 30.3 Å². The standard InChI is InChI=1S/C17H19BrN4O/c18-13-7-4-8-14(11-13)19-15-9-10-16(22-21-15)20-17(23)12-5-2-1-3-6-12/h4,7-12H,1-3,5-6H2,(H,19,21)(H,20,22,23). The highest BCUT2D eigenvalue weighted by atomic mass is 79.9. The molecule has 5 nitrogen and oxygen atoms in total. The van der Waals surface area contributed by atoms with Crippen LogP contribution in [0.15, 0.2) is 40.9 Å². The maximum absolute atomic E-state index is 12.2. The summed E-state index contributed by atoms with van der Waals surface area (Å²) in [6.07, 6.45) is 5.46. The minimum absolute atomic E-state index is 0.0618. The summed E-state index contributed by atoms with van der Waals surface area (Å²) in [5, 5.41) is 14.2. The third-order valence-corrected chi connectivity index (χ3v) is 4.48. The molecule has 1 heterocycles. The van der Waals surface area contributed by atoms with Crippen molar-refractivity contribution >= 4 is 39.2 Å². The predicted molar refractivity (Wildman–Crippen MR) is 94.7 cm³/mol. The molecule has 3 rings (SSSR count). The summed E-state index contributed by atoms with van der Waals surface area (Å²) in [5.74, 6) is 1.32. The predicted octanol–water partition coefficient (Wildman–Crippen LogP) is 4.50. The van der Waals surface area contributed by atoms with E-state index in [1.165, 1.54) is 6.42 Å². The van der Waals surface area contributed by atoms with Crippen LogP contribution in [0.2, 0.25) is 0 Å². The summed E-state index contributed by atoms with van der Waals surface area (Å²) in [6, 6.07) is 11.4. The molecule has 1 aromatic heterocycles. The molecular weight excluding hydrogens is 356 g/mol. The first kappa shape index (κ1) is 15.9. The monoisotopic (exact) mass is 374 g/mol. The maximum Gasteiger partial charge on any atom is 0.228 e. The minimum Gasteiger partial charge on any atom is -0.339 e. The van der Waals surface area contributed by atoms with E-state index in [0.717, 1.165) is 35.8 Å². The second-order valence-corrected chi connectivity index (χ2v) is 6.68. The molecule has 0 aliphatic heterocycles. The van der Waals surface area contributed by atoms with Gasteiger partial charge in [0.2, 0.25) is 5.91 Å². The van der Waals surface area contributed by atoms with Gasteiger partial charge in [0.1, 0.15) is 0 Å². The Morgan fingerprint density at radius 3 is 2.48 bits per heavy atom. The lowest BCUT2D eigenvalue weighted by Crippen LogP contribution is -2.25. The third kappa shape index (κ3) is 4.51. The molecule has 6 heteroatoms. The van der Waals surface area contributed by atoms with Gasteiger partial charge in [0.15, 0.2) is 11.6 Å². The summed E-state index contributed by atoms with van der Waals surface area (Å²) in [6.45, 7) is 0. The number of carbonyl (C=O) groups is 1. The number of anilines is 3. The fourth-order valence-electron chi connectivity index (χ4n) is 2.77. The molecule has 0 spiro atoms. The molecule has 1 saturated carbocycles. The summed E-state index contributed by atoms with van der Waals surface area (Å²) in [4.78, 5) is 12.2. The Morgan fingerprint density at radius 2 is 1.78 bits per heavy atom. The zero-order valence-electron chi connectivity index (χ0n) is 12.8. The Labute approximate surface area is 144 Å². The van der Waals surface area contributed by atoms with Crippen molar-refractivity contribution < 1.29 is 4.79 Å². The van der Waals surface area contributed by atoms with Gasteiger partial charge < -0.3 is 10.6 Å². The van der Waals surface area contributed by atoms with Crippen molar-refractivity contribution in [2.75, 3.05) is 10.6 Å². The van der Waals surface area contributed by atoms with E-state index in [9.17, 15) is 4.79 Å². The Kier molecular flexibility index (Phi) is 5.23. The number of rotatable bonds is 4. The van der Waals surface area contributed by atoms with Gasteiger partial charge in [-0.2, -0.15) is 0 Å². The van der Waals surface area contributed by atoms with Crippen molar-refractivity contribution in [2.45, 2.75) is 32.1 Å². The van der Waals surface area contributed by atoms with Gasteiger partial charge >= 0.3 is 0 Å². The van der Waals surface area contributed by atoms with Gasteiger partial charge in [-0.25, -0.2) is 0 Å². The summed E-state index contributed by atoms with van der Waals surface area (Å²) in [7, 11) is 0. The van der Waals surface area contributed by atoms with E-state index in [0.29, 0.717) is 11.6 Å². The molecule has 1 aliphatic carbocycles. The lowest BCUT2D eigenvalue weighted by molar-refractivity contribution is -0.120. The number of nitrogens with one attached hydrogen (secondary N) is 2. The molecule has 1 fully saturated rings. The van der Waals surface area contributed by atoms with Crippen LogP contribution in [0, 0.1) is 5.92 Å². The number of hydrogen-bond acceptors (Lipinski definition) is 4. The lowest BCUT2D eigenvalue weighted by Gasteiger charge is -2.20. The van der Waals surface area contributed by atoms with Crippen LogP contribution in [0.3, 0.4) is 0 Å². The average molecular weight is 375 g/mol. The molecule has 0 radical (unpaired) electrons. The first-order chi connectivity index (χ1) is 11.2. The van der Waals surface area contributed by atoms with Crippen molar-refractivity contribution in [3.8, 4) is 0 Å². The van der Waals surface area contributed by atoms with E-state index in [4.69, 9.17) is 0 Å². The van der Waals surface area contributed by atoms with Crippen LogP contribution in [0.25, 0.3) is 0 Å². The molecule has 1 aliphatic rings. The molecule has 1 aromatic carbocycles. The number of amides is 1. The second-order valence-electron chi connectivity index (χ2n) is 5.76. The first-order valence-corrected chi connectivity index (χ1v) is 8.67. The minimum atomic E-state index is 0.0618. The van der Waals surface area contributed by atoms with Crippen LogP contribution in [-0.4, -0.2) is 16.1 Å². The molecule has 2 aromatic rings. The number of carbonyl (C=O) groups excluding carboxylic acids is 1. The van der Waals surface area contributed by atoms with Gasteiger partial charge in [-0.15, -0.1) is 10.2 Å². The van der Waals surface area contributed by atoms with Crippen molar-refractivity contribution in [3.63, 3.8) is 0 Å². The van der Waals surface area contributed by atoms with E-state index < -0.39 is 0 Å². The number of benzene rings is 1. The topological polar surface area (TPSA) is 66.9 Å². The quantitative estimate of drug-likeness (QED) is 0.826. The van der Waals surface area contributed by atoms with Crippen LogP contribution in [0.1, 0.15) is 32.1 Å². The SMILES string of the molecule is O=C(Nc1ccc(Nc2cccc(Br)c2)nn1)C1CCCCC1. The van der Waals surface area contributed by atoms with Gasteiger partial charge in [-0.3, -0.25) is 4.79 Å². The van der Waals surface area contributed by atoms with Gasteiger partial charge in [-0.05, 0) is 43.2 Å². The van der Waals surface area contributed by atoms with Gasteiger partial charge in [0.25, 0.3) is 0 Å². The molecule has 0 unspecified atom stereocenters. The summed E-state index contributed by atoms with van der Waals surface area (Å²) < 4.78 is 0.992. The van der Waals surface area contributed by atoms with E-state index >= 15 is 0 Å². The third-order valence-electron chi connectivity index (χ3n) is 3.99.